The molecule has 2 aliphatic rings. The number of aliphatic carboxylic acids is 1. The Morgan fingerprint density at radius 2 is 2.00 bits per heavy atom. The number of carboxylic acids is 1. The van der Waals surface area contributed by atoms with Gasteiger partial charge in [0.15, 0.2) is 0 Å². The Morgan fingerprint density at radius 3 is 2.47 bits per heavy atom. The lowest BCUT2D eigenvalue weighted by molar-refractivity contribution is -0.145. The van der Waals surface area contributed by atoms with Gasteiger partial charge in [-0.1, -0.05) is 0 Å². The van der Waals surface area contributed by atoms with Crippen molar-refractivity contribution in [3.05, 3.63) is 0 Å². The molecule has 5 nitrogen and oxygen atoms in total. The molecule has 0 amide bonds. The molecule has 2 atom stereocenters. The van der Waals surface area contributed by atoms with Gasteiger partial charge in [0.05, 0.1) is 17.6 Å². The summed E-state index contributed by atoms with van der Waals surface area (Å²) in [5, 5.41) is 19.6. The minimum Gasteiger partial charge on any atom is -0.481 e. The van der Waals surface area contributed by atoms with Crippen molar-refractivity contribution in [1.82, 2.24) is 4.90 Å². The van der Waals surface area contributed by atoms with Gasteiger partial charge in [0, 0.05) is 19.2 Å². The van der Waals surface area contributed by atoms with Crippen molar-refractivity contribution in [2.45, 2.75) is 56.8 Å². The smallest absolute Gasteiger partial charge is 0.306 e. The van der Waals surface area contributed by atoms with Crippen molar-refractivity contribution < 1.29 is 19.7 Å². The van der Waals surface area contributed by atoms with E-state index in [1.54, 1.807) is 0 Å². The molecule has 1 heterocycles. The Balaban J connectivity index is 1.86. The van der Waals surface area contributed by atoms with Crippen LogP contribution in [0.2, 0.25) is 0 Å². The summed E-state index contributed by atoms with van der Waals surface area (Å²) in [5.74, 6) is -1.01. The van der Waals surface area contributed by atoms with E-state index in [9.17, 15) is 9.90 Å². The summed E-state index contributed by atoms with van der Waals surface area (Å²) in [4.78, 5) is 13.1. The van der Waals surface area contributed by atoms with E-state index in [1.807, 2.05) is 7.05 Å². The molecule has 2 N–H and O–H groups in total. The number of nitrogens with zero attached hydrogens (tertiary/aromatic N) is 1. The van der Waals surface area contributed by atoms with Gasteiger partial charge >= 0.3 is 5.97 Å². The summed E-state index contributed by atoms with van der Waals surface area (Å²) < 4.78 is 5.56. The Bertz CT molecular complexity index is 325. The van der Waals surface area contributed by atoms with Crippen LogP contribution in [0.1, 0.15) is 39.0 Å². The van der Waals surface area contributed by atoms with Crippen LogP contribution >= 0.6 is 0 Å². The van der Waals surface area contributed by atoms with Gasteiger partial charge < -0.3 is 14.9 Å². The van der Waals surface area contributed by atoms with Crippen LogP contribution in [0.5, 0.6) is 0 Å². The summed E-state index contributed by atoms with van der Waals surface area (Å²) in [6, 6.07) is 0.362. The van der Waals surface area contributed by atoms with Gasteiger partial charge in [0.25, 0.3) is 0 Å². The first-order valence-electron chi connectivity index (χ1n) is 7.18. The van der Waals surface area contributed by atoms with Gasteiger partial charge in [0.1, 0.15) is 0 Å². The highest BCUT2D eigenvalue weighted by Crippen LogP contribution is 2.33. The normalized spacial score (nSPS) is 39.7. The molecule has 19 heavy (non-hydrogen) atoms. The SMILES string of the molecule is CC1OCCC1N(C)CC1(O)CCC(C(=O)O)CC1. The summed E-state index contributed by atoms with van der Waals surface area (Å²) in [6.45, 7) is 3.47. The standard InChI is InChI=1S/C14H25NO4/c1-10-12(5-8-19-10)15(2)9-14(18)6-3-11(4-7-14)13(16)17/h10-12,18H,3-9H2,1-2H3,(H,16,17). The molecular formula is C14H25NO4. The predicted octanol–water partition coefficient (Wildman–Crippen LogP) is 1.10. The monoisotopic (exact) mass is 271 g/mol. The van der Waals surface area contributed by atoms with E-state index < -0.39 is 11.6 Å². The van der Waals surface area contributed by atoms with E-state index in [0.717, 1.165) is 13.0 Å². The fraction of sp³-hybridized carbons (Fsp3) is 0.929. The van der Waals surface area contributed by atoms with Crippen LogP contribution in [0.4, 0.5) is 0 Å². The Labute approximate surface area is 114 Å². The van der Waals surface area contributed by atoms with E-state index in [0.29, 0.717) is 38.3 Å². The van der Waals surface area contributed by atoms with Gasteiger partial charge in [-0.2, -0.15) is 0 Å². The largest absolute Gasteiger partial charge is 0.481 e. The highest BCUT2D eigenvalue weighted by molar-refractivity contribution is 5.70. The average Bonchev–Trinajstić information content (AvgIpc) is 2.75. The molecule has 0 aromatic heterocycles. The molecule has 110 valence electrons. The molecule has 2 fully saturated rings. The average molecular weight is 271 g/mol. The second kappa shape index (κ2) is 5.77. The van der Waals surface area contributed by atoms with Crippen LogP contribution in [-0.2, 0) is 9.53 Å². The molecule has 0 bridgehead atoms. The number of carbonyl (C=O) groups is 1. The van der Waals surface area contributed by atoms with Gasteiger partial charge in [-0.05, 0) is 46.1 Å². The molecule has 2 unspecified atom stereocenters. The Kier molecular flexibility index (Phi) is 4.48. The molecule has 1 aliphatic carbocycles. The van der Waals surface area contributed by atoms with Crippen molar-refractivity contribution >= 4 is 5.97 Å². The number of likely N-dealkylation sites (N-methyl/N-ethyl adjacent to an activating group) is 1. The highest BCUT2D eigenvalue weighted by Gasteiger charge is 2.39. The molecule has 0 aromatic rings. The number of ether oxygens (including phenoxy) is 1. The fourth-order valence-electron chi connectivity index (χ4n) is 3.44. The minimum absolute atomic E-state index is 0.212. The number of carboxylic acid groups (broad SMARTS) is 1. The molecule has 0 aromatic carbocycles. The molecule has 1 aliphatic heterocycles. The predicted molar refractivity (Wildman–Crippen MR) is 71.0 cm³/mol. The Morgan fingerprint density at radius 1 is 1.37 bits per heavy atom. The van der Waals surface area contributed by atoms with Crippen molar-refractivity contribution in [2.75, 3.05) is 20.2 Å². The lowest BCUT2D eigenvalue weighted by Crippen LogP contribution is -2.49. The second-order valence-electron chi connectivity index (χ2n) is 6.18. The van der Waals surface area contributed by atoms with E-state index in [4.69, 9.17) is 9.84 Å². The van der Waals surface area contributed by atoms with Gasteiger partial charge in [-0.25, -0.2) is 0 Å². The Hall–Kier alpha value is -0.650. The van der Waals surface area contributed by atoms with E-state index in [1.165, 1.54) is 0 Å². The molecule has 1 saturated heterocycles. The van der Waals surface area contributed by atoms with Crippen molar-refractivity contribution in [3.63, 3.8) is 0 Å². The van der Waals surface area contributed by atoms with Gasteiger partial charge in [0.2, 0.25) is 0 Å². The lowest BCUT2D eigenvalue weighted by atomic mass is 9.78. The summed E-state index contributed by atoms with van der Waals surface area (Å²) in [7, 11) is 2.02. The zero-order valence-electron chi connectivity index (χ0n) is 11.8. The third-order valence-corrected chi connectivity index (χ3v) is 4.71. The topological polar surface area (TPSA) is 70.0 Å². The van der Waals surface area contributed by atoms with Crippen LogP contribution in [0.25, 0.3) is 0 Å². The van der Waals surface area contributed by atoms with Crippen molar-refractivity contribution in [1.29, 1.82) is 0 Å². The maximum absolute atomic E-state index is 10.9. The van der Waals surface area contributed by atoms with Gasteiger partial charge in [-0.3, -0.25) is 9.69 Å². The summed E-state index contributed by atoms with van der Waals surface area (Å²) in [5.41, 5.74) is -0.733. The zero-order chi connectivity index (χ0) is 14.0. The third kappa shape index (κ3) is 3.46. The van der Waals surface area contributed by atoms with Crippen LogP contribution in [0, 0.1) is 5.92 Å². The second-order valence-corrected chi connectivity index (χ2v) is 6.18. The molecular weight excluding hydrogens is 246 g/mol. The first kappa shape index (κ1) is 14.8. The third-order valence-electron chi connectivity index (χ3n) is 4.71. The van der Waals surface area contributed by atoms with Crippen LogP contribution < -0.4 is 0 Å². The number of hydrogen-bond acceptors (Lipinski definition) is 4. The maximum Gasteiger partial charge on any atom is 0.306 e. The first-order valence-corrected chi connectivity index (χ1v) is 7.18. The van der Waals surface area contributed by atoms with Crippen LogP contribution in [0.3, 0.4) is 0 Å². The van der Waals surface area contributed by atoms with Crippen molar-refractivity contribution in [3.8, 4) is 0 Å². The quantitative estimate of drug-likeness (QED) is 0.801. The molecule has 2 rings (SSSR count). The van der Waals surface area contributed by atoms with Gasteiger partial charge in [-0.15, -0.1) is 0 Å². The van der Waals surface area contributed by atoms with Crippen LogP contribution in [0.15, 0.2) is 0 Å². The lowest BCUT2D eigenvalue weighted by Gasteiger charge is -2.39. The summed E-state index contributed by atoms with van der Waals surface area (Å²) >= 11 is 0. The molecule has 5 heteroatoms. The van der Waals surface area contributed by atoms with Crippen LogP contribution in [-0.4, -0.2) is 59.0 Å². The molecule has 1 saturated carbocycles. The number of hydrogen-bond donors (Lipinski definition) is 2. The maximum atomic E-state index is 10.9. The number of aliphatic hydroxyl groups is 1. The summed E-state index contributed by atoms with van der Waals surface area (Å²) in [6.07, 6.45) is 3.54. The zero-order valence-corrected chi connectivity index (χ0v) is 11.8. The fourth-order valence-corrected chi connectivity index (χ4v) is 3.44. The van der Waals surface area contributed by atoms with E-state index >= 15 is 0 Å². The number of rotatable bonds is 4. The van der Waals surface area contributed by atoms with E-state index in [2.05, 4.69) is 11.8 Å². The molecule has 0 radical (unpaired) electrons. The van der Waals surface area contributed by atoms with E-state index in [-0.39, 0.29) is 12.0 Å². The highest BCUT2D eigenvalue weighted by atomic mass is 16.5. The minimum atomic E-state index is -0.733. The first-order chi connectivity index (χ1) is 8.91. The molecule has 0 spiro atoms. The van der Waals surface area contributed by atoms with Crippen molar-refractivity contribution in [2.24, 2.45) is 5.92 Å².